The first-order valence-corrected chi connectivity index (χ1v) is 5.08. The highest BCUT2D eigenvalue weighted by atomic mass is 17.3. The van der Waals surface area contributed by atoms with Crippen LogP contribution in [0.3, 0.4) is 0 Å². The summed E-state index contributed by atoms with van der Waals surface area (Å²) in [5.41, 5.74) is 0.387. The zero-order valence-electron chi connectivity index (χ0n) is 8.32. The van der Waals surface area contributed by atoms with Gasteiger partial charge in [-0.1, -0.05) is 20.8 Å². The fourth-order valence-corrected chi connectivity index (χ4v) is 2.95. The molecule has 0 amide bonds. The Morgan fingerprint density at radius 3 is 2.62 bits per heavy atom. The SMILES string of the molecule is CC1CC2C(C3OOC1O3)C2(C)C. The van der Waals surface area contributed by atoms with Crippen LogP contribution in [0.25, 0.3) is 0 Å². The molecule has 0 aromatic heterocycles. The fraction of sp³-hybridized carbons (Fsp3) is 1.00. The first-order chi connectivity index (χ1) is 6.10. The van der Waals surface area contributed by atoms with Crippen LogP contribution in [0.1, 0.15) is 27.2 Å². The first-order valence-electron chi connectivity index (χ1n) is 5.08. The summed E-state index contributed by atoms with van der Waals surface area (Å²) in [6.45, 7) is 6.76. The largest absolute Gasteiger partial charge is 0.317 e. The van der Waals surface area contributed by atoms with Gasteiger partial charge in [0.15, 0.2) is 12.6 Å². The Hall–Kier alpha value is -0.120. The number of rotatable bonds is 0. The van der Waals surface area contributed by atoms with E-state index >= 15 is 0 Å². The standard InChI is InChI=1S/C10H16O3/c1-5-4-6-7(10(6,2)3)9-11-8(5)12-13-9/h5-9H,4H2,1-3H3. The molecule has 3 rings (SSSR count). The number of ether oxygens (including phenoxy) is 1. The third kappa shape index (κ3) is 0.953. The van der Waals surface area contributed by atoms with Gasteiger partial charge in [0.1, 0.15) is 0 Å². The van der Waals surface area contributed by atoms with E-state index in [1.54, 1.807) is 0 Å². The second kappa shape index (κ2) is 2.27. The van der Waals surface area contributed by atoms with E-state index in [1.807, 2.05) is 0 Å². The van der Waals surface area contributed by atoms with Crippen LogP contribution in [0.15, 0.2) is 0 Å². The van der Waals surface area contributed by atoms with Crippen LogP contribution < -0.4 is 0 Å². The maximum absolute atomic E-state index is 5.68. The average Bonchev–Trinajstić information content (AvgIpc) is 2.48. The third-order valence-electron chi connectivity index (χ3n) is 4.04. The highest BCUT2D eigenvalue weighted by Gasteiger charge is 2.66. The predicted octanol–water partition coefficient (Wildman–Crippen LogP) is 1.93. The number of fused-ring (bicyclic) bond motifs is 4. The van der Waals surface area contributed by atoms with E-state index in [2.05, 4.69) is 20.8 Å². The molecule has 2 bridgehead atoms. The van der Waals surface area contributed by atoms with Crippen molar-refractivity contribution in [2.75, 3.05) is 0 Å². The summed E-state index contributed by atoms with van der Waals surface area (Å²) < 4.78 is 5.68. The first kappa shape index (κ1) is 8.21. The van der Waals surface area contributed by atoms with E-state index in [0.717, 1.165) is 5.92 Å². The van der Waals surface area contributed by atoms with Gasteiger partial charge in [0, 0.05) is 11.8 Å². The van der Waals surface area contributed by atoms with E-state index in [9.17, 15) is 0 Å². The van der Waals surface area contributed by atoms with Gasteiger partial charge in [0.05, 0.1) is 0 Å². The predicted molar refractivity (Wildman–Crippen MR) is 45.4 cm³/mol. The highest BCUT2D eigenvalue weighted by Crippen LogP contribution is 2.65. The summed E-state index contributed by atoms with van der Waals surface area (Å²) in [7, 11) is 0. The molecule has 0 aromatic carbocycles. The molecule has 3 fully saturated rings. The van der Waals surface area contributed by atoms with Crippen molar-refractivity contribution in [3.05, 3.63) is 0 Å². The lowest BCUT2D eigenvalue weighted by Crippen LogP contribution is -2.20. The van der Waals surface area contributed by atoms with Crippen LogP contribution in [0.2, 0.25) is 0 Å². The van der Waals surface area contributed by atoms with E-state index in [0.29, 0.717) is 17.3 Å². The van der Waals surface area contributed by atoms with Gasteiger partial charge in [-0.05, 0) is 17.8 Å². The van der Waals surface area contributed by atoms with Crippen LogP contribution in [0.4, 0.5) is 0 Å². The summed E-state index contributed by atoms with van der Waals surface area (Å²) in [5, 5.41) is 0. The van der Waals surface area contributed by atoms with Crippen molar-refractivity contribution < 1.29 is 14.5 Å². The molecular weight excluding hydrogens is 168 g/mol. The van der Waals surface area contributed by atoms with E-state index in [1.165, 1.54) is 6.42 Å². The molecule has 0 aromatic rings. The normalized spacial score (nSPS) is 57.0. The molecule has 0 radical (unpaired) electrons. The molecule has 5 atom stereocenters. The molecular formula is C10H16O3. The summed E-state index contributed by atoms with van der Waals surface area (Å²) >= 11 is 0. The minimum Gasteiger partial charge on any atom is -0.317 e. The van der Waals surface area contributed by atoms with Crippen molar-refractivity contribution in [3.8, 4) is 0 Å². The minimum absolute atomic E-state index is 0.102. The van der Waals surface area contributed by atoms with Crippen molar-refractivity contribution in [3.63, 3.8) is 0 Å². The van der Waals surface area contributed by atoms with Gasteiger partial charge in [0.2, 0.25) is 0 Å². The molecule has 3 aliphatic rings. The van der Waals surface area contributed by atoms with E-state index in [4.69, 9.17) is 14.5 Å². The maximum Gasteiger partial charge on any atom is 0.198 e. The van der Waals surface area contributed by atoms with Crippen LogP contribution in [0, 0.1) is 23.2 Å². The van der Waals surface area contributed by atoms with Gasteiger partial charge in [0.25, 0.3) is 0 Å². The Kier molecular flexibility index (Phi) is 1.43. The summed E-state index contributed by atoms with van der Waals surface area (Å²) in [6.07, 6.45) is 0.992. The second-order valence-corrected chi connectivity index (χ2v) is 5.23. The molecule has 3 heteroatoms. The van der Waals surface area contributed by atoms with E-state index in [-0.39, 0.29) is 12.6 Å². The van der Waals surface area contributed by atoms with Crippen molar-refractivity contribution in [2.45, 2.75) is 39.8 Å². The van der Waals surface area contributed by atoms with Crippen molar-refractivity contribution in [1.29, 1.82) is 0 Å². The second-order valence-electron chi connectivity index (χ2n) is 5.23. The van der Waals surface area contributed by atoms with Gasteiger partial charge in [-0.3, -0.25) is 0 Å². The molecule has 2 saturated heterocycles. The van der Waals surface area contributed by atoms with Gasteiger partial charge >= 0.3 is 0 Å². The van der Waals surface area contributed by atoms with E-state index < -0.39 is 0 Å². The Morgan fingerprint density at radius 2 is 1.85 bits per heavy atom. The third-order valence-corrected chi connectivity index (χ3v) is 4.04. The molecule has 74 valence electrons. The quantitative estimate of drug-likeness (QED) is 0.538. The summed E-state index contributed by atoms with van der Waals surface area (Å²) in [5.74, 6) is 1.77. The molecule has 0 spiro atoms. The lowest BCUT2D eigenvalue weighted by Gasteiger charge is -2.15. The smallest absolute Gasteiger partial charge is 0.198 e. The van der Waals surface area contributed by atoms with Crippen LogP contribution in [-0.4, -0.2) is 12.6 Å². The molecule has 0 N–H and O–H groups in total. The molecule has 3 nitrogen and oxygen atoms in total. The van der Waals surface area contributed by atoms with Gasteiger partial charge in [-0.25, -0.2) is 9.78 Å². The summed E-state index contributed by atoms with van der Waals surface area (Å²) in [6, 6.07) is 0. The Labute approximate surface area is 78.3 Å². The molecule has 2 aliphatic heterocycles. The Morgan fingerprint density at radius 1 is 1.15 bits per heavy atom. The molecule has 1 aliphatic carbocycles. The van der Waals surface area contributed by atoms with Gasteiger partial charge < -0.3 is 4.74 Å². The molecule has 5 unspecified atom stereocenters. The molecule has 1 saturated carbocycles. The van der Waals surface area contributed by atoms with Gasteiger partial charge in [-0.15, -0.1) is 0 Å². The fourth-order valence-electron chi connectivity index (χ4n) is 2.95. The zero-order valence-corrected chi connectivity index (χ0v) is 8.32. The average molecular weight is 184 g/mol. The van der Waals surface area contributed by atoms with Crippen LogP contribution in [-0.2, 0) is 14.5 Å². The topological polar surface area (TPSA) is 27.7 Å². The van der Waals surface area contributed by atoms with Crippen LogP contribution >= 0.6 is 0 Å². The lowest BCUT2D eigenvalue weighted by atomic mass is 9.99. The van der Waals surface area contributed by atoms with Crippen molar-refractivity contribution >= 4 is 0 Å². The Bertz CT molecular complexity index is 236. The molecule has 2 heterocycles. The van der Waals surface area contributed by atoms with Crippen LogP contribution in [0.5, 0.6) is 0 Å². The number of hydrogen-bond donors (Lipinski definition) is 0. The Balaban J connectivity index is 1.88. The summed E-state index contributed by atoms with van der Waals surface area (Å²) in [4.78, 5) is 10.3. The minimum atomic E-state index is -0.117. The van der Waals surface area contributed by atoms with Crippen molar-refractivity contribution in [1.82, 2.24) is 0 Å². The molecule has 13 heavy (non-hydrogen) atoms. The number of hydrogen-bond acceptors (Lipinski definition) is 3. The monoisotopic (exact) mass is 184 g/mol. The highest BCUT2D eigenvalue weighted by molar-refractivity contribution is 5.08. The van der Waals surface area contributed by atoms with Gasteiger partial charge in [-0.2, -0.15) is 0 Å². The zero-order chi connectivity index (χ0) is 9.22. The lowest BCUT2D eigenvalue weighted by molar-refractivity contribution is -0.310. The van der Waals surface area contributed by atoms with Crippen molar-refractivity contribution in [2.24, 2.45) is 23.2 Å². The maximum atomic E-state index is 5.68.